The molecule has 2 N–H and O–H groups in total. The fourth-order valence-corrected chi connectivity index (χ4v) is 3.23. The number of methoxy groups -OCH3 is 2. The third-order valence-corrected chi connectivity index (χ3v) is 4.52. The molecule has 0 saturated carbocycles. The maximum absolute atomic E-state index is 12.8. The first-order chi connectivity index (χ1) is 11.9. The lowest BCUT2D eigenvalue weighted by molar-refractivity contribution is -0.157. The van der Waals surface area contributed by atoms with Gasteiger partial charge in [0.2, 0.25) is 0 Å². The first kappa shape index (κ1) is 19.5. The molecule has 140 valence electrons. The van der Waals surface area contributed by atoms with Gasteiger partial charge in [0.1, 0.15) is 0 Å². The van der Waals surface area contributed by atoms with E-state index in [1.165, 1.54) is 0 Å². The van der Waals surface area contributed by atoms with Gasteiger partial charge in [-0.05, 0) is 31.4 Å². The maximum atomic E-state index is 12.8. The number of hydrogen-bond acceptors (Lipinski definition) is 5. The van der Waals surface area contributed by atoms with Gasteiger partial charge < -0.3 is 24.8 Å². The minimum Gasteiger partial charge on any atom is -0.493 e. The van der Waals surface area contributed by atoms with Crippen LogP contribution in [0.1, 0.15) is 32.3 Å². The smallest absolute Gasteiger partial charge is 0.256 e. The van der Waals surface area contributed by atoms with Crippen LogP contribution in [0.15, 0.2) is 18.2 Å². The molecule has 0 aromatic heterocycles. The zero-order valence-corrected chi connectivity index (χ0v) is 15.7. The fourth-order valence-electron chi connectivity index (χ4n) is 3.23. The molecule has 1 fully saturated rings. The Morgan fingerprint density at radius 2 is 2.08 bits per heavy atom. The molecule has 1 aromatic rings. The number of amides is 1. The molecule has 0 bridgehead atoms. The van der Waals surface area contributed by atoms with E-state index in [2.05, 4.69) is 19.2 Å². The molecule has 2 rings (SSSR count). The van der Waals surface area contributed by atoms with Gasteiger partial charge in [0.05, 0.1) is 14.2 Å². The molecule has 1 aromatic carbocycles. The SMILES string of the molecule is COc1cccc(CN2CCC[C@](O)(CNCC(C)C)C2=O)c1OC. The van der Waals surface area contributed by atoms with E-state index in [0.29, 0.717) is 36.9 Å². The van der Waals surface area contributed by atoms with Crippen molar-refractivity contribution < 1.29 is 19.4 Å². The Labute approximate surface area is 150 Å². The van der Waals surface area contributed by atoms with Gasteiger partial charge in [-0.3, -0.25) is 4.79 Å². The average Bonchev–Trinajstić information content (AvgIpc) is 2.58. The van der Waals surface area contributed by atoms with Gasteiger partial charge in [0.15, 0.2) is 17.1 Å². The average molecular weight is 350 g/mol. The van der Waals surface area contributed by atoms with Gasteiger partial charge in [-0.25, -0.2) is 0 Å². The van der Waals surface area contributed by atoms with Crippen LogP contribution in [0.2, 0.25) is 0 Å². The maximum Gasteiger partial charge on any atom is 0.256 e. The van der Waals surface area contributed by atoms with E-state index in [4.69, 9.17) is 9.47 Å². The van der Waals surface area contributed by atoms with Gasteiger partial charge in [0.25, 0.3) is 5.91 Å². The molecule has 0 radical (unpaired) electrons. The van der Waals surface area contributed by atoms with Crippen LogP contribution in [0, 0.1) is 5.92 Å². The van der Waals surface area contributed by atoms with Crippen LogP contribution < -0.4 is 14.8 Å². The van der Waals surface area contributed by atoms with Crippen LogP contribution in [0.5, 0.6) is 11.5 Å². The highest BCUT2D eigenvalue weighted by Crippen LogP contribution is 2.33. The number of hydrogen-bond donors (Lipinski definition) is 2. The Kier molecular flexibility index (Phi) is 6.67. The van der Waals surface area contributed by atoms with Crippen LogP contribution in [-0.4, -0.2) is 55.4 Å². The van der Waals surface area contributed by atoms with E-state index in [0.717, 1.165) is 18.5 Å². The van der Waals surface area contributed by atoms with Gasteiger partial charge >= 0.3 is 0 Å². The number of carbonyl (C=O) groups is 1. The summed E-state index contributed by atoms with van der Waals surface area (Å²) in [5.41, 5.74) is -0.464. The lowest BCUT2D eigenvalue weighted by Crippen LogP contribution is -2.57. The second kappa shape index (κ2) is 8.54. The molecule has 0 spiro atoms. The number of benzene rings is 1. The molecule has 25 heavy (non-hydrogen) atoms. The highest BCUT2D eigenvalue weighted by atomic mass is 16.5. The number of piperidine rings is 1. The molecule has 0 aliphatic carbocycles. The summed E-state index contributed by atoms with van der Waals surface area (Å²) in [6, 6.07) is 5.62. The van der Waals surface area contributed by atoms with Gasteiger partial charge in [-0.15, -0.1) is 0 Å². The third-order valence-electron chi connectivity index (χ3n) is 4.52. The third kappa shape index (κ3) is 4.64. The van der Waals surface area contributed by atoms with Gasteiger partial charge in [-0.2, -0.15) is 0 Å². The van der Waals surface area contributed by atoms with Crippen LogP contribution in [0.4, 0.5) is 0 Å². The number of ether oxygens (including phenoxy) is 2. The minimum atomic E-state index is -1.33. The molecule has 1 aliphatic rings. The molecule has 1 saturated heterocycles. The van der Waals surface area contributed by atoms with Crippen molar-refractivity contribution in [2.45, 2.75) is 38.8 Å². The first-order valence-electron chi connectivity index (χ1n) is 8.83. The normalized spacial score (nSPS) is 20.9. The van der Waals surface area contributed by atoms with Gasteiger partial charge in [-0.1, -0.05) is 26.0 Å². The van der Waals surface area contributed by atoms with E-state index >= 15 is 0 Å². The van der Waals surface area contributed by atoms with Crippen molar-refractivity contribution in [1.29, 1.82) is 0 Å². The lowest BCUT2D eigenvalue weighted by atomic mass is 9.91. The predicted octanol–water partition coefficient (Wildman–Crippen LogP) is 1.80. The second-order valence-electron chi connectivity index (χ2n) is 7.04. The summed E-state index contributed by atoms with van der Waals surface area (Å²) >= 11 is 0. The van der Waals surface area contributed by atoms with Crippen molar-refractivity contribution in [3.05, 3.63) is 23.8 Å². The van der Waals surface area contributed by atoms with Crippen molar-refractivity contribution in [3.8, 4) is 11.5 Å². The predicted molar refractivity (Wildman–Crippen MR) is 96.9 cm³/mol. The number of carbonyl (C=O) groups excluding carboxylic acids is 1. The minimum absolute atomic E-state index is 0.222. The number of nitrogens with zero attached hydrogens (tertiary/aromatic N) is 1. The topological polar surface area (TPSA) is 71.0 Å². The van der Waals surface area contributed by atoms with Crippen LogP contribution in [0.3, 0.4) is 0 Å². The Bertz CT molecular complexity index is 591. The molecule has 1 heterocycles. The number of para-hydroxylation sites is 1. The zero-order chi connectivity index (χ0) is 18.4. The summed E-state index contributed by atoms with van der Waals surface area (Å²) in [6.45, 7) is 6.29. The molecular formula is C19H30N2O4. The summed E-state index contributed by atoms with van der Waals surface area (Å²) in [6.07, 6.45) is 1.26. The standard InChI is InChI=1S/C19H30N2O4/c1-14(2)11-20-13-19(23)9-6-10-21(18(19)22)12-15-7-5-8-16(24-3)17(15)25-4/h5,7-8,14,20,23H,6,9-13H2,1-4H3/t19-/m0/s1. The van der Waals surface area contributed by atoms with Crippen molar-refractivity contribution >= 4 is 5.91 Å². The largest absolute Gasteiger partial charge is 0.493 e. The molecule has 1 amide bonds. The molecule has 0 unspecified atom stereocenters. The zero-order valence-electron chi connectivity index (χ0n) is 15.7. The van der Waals surface area contributed by atoms with Crippen molar-refractivity contribution in [2.75, 3.05) is 33.9 Å². The first-order valence-corrected chi connectivity index (χ1v) is 8.83. The molecule has 6 nitrogen and oxygen atoms in total. The number of nitrogens with one attached hydrogen (secondary N) is 1. The van der Waals surface area contributed by atoms with Crippen LogP contribution in [-0.2, 0) is 11.3 Å². The molecule has 1 aliphatic heterocycles. The van der Waals surface area contributed by atoms with E-state index in [9.17, 15) is 9.90 Å². The lowest BCUT2D eigenvalue weighted by Gasteiger charge is -2.38. The molecule has 1 atom stereocenters. The monoisotopic (exact) mass is 350 g/mol. The summed E-state index contributed by atoms with van der Waals surface area (Å²) in [4.78, 5) is 14.6. The van der Waals surface area contributed by atoms with Crippen LogP contribution in [0.25, 0.3) is 0 Å². The number of likely N-dealkylation sites (tertiary alicyclic amines) is 1. The van der Waals surface area contributed by atoms with E-state index in [1.54, 1.807) is 19.1 Å². The number of aliphatic hydroxyl groups is 1. The van der Waals surface area contributed by atoms with E-state index < -0.39 is 5.60 Å². The summed E-state index contributed by atoms with van der Waals surface area (Å²) in [5.74, 6) is 1.52. The second-order valence-corrected chi connectivity index (χ2v) is 7.04. The molecule has 6 heteroatoms. The highest BCUT2D eigenvalue weighted by molar-refractivity contribution is 5.86. The summed E-state index contributed by atoms with van der Waals surface area (Å²) < 4.78 is 10.8. The Hall–Kier alpha value is -1.79. The Morgan fingerprint density at radius 1 is 1.32 bits per heavy atom. The molecular weight excluding hydrogens is 320 g/mol. The van der Waals surface area contributed by atoms with Crippen molar-refractivity contribution in [3.63, 3.8) is 0 Å². The Morgan fingerprint density at radius 3 is 2.72 bits per heavy atom. The van der Waals surface area contributed by atoms with Gasteiger partial charge in [0, 0.05) is 25.2 Å². The van der Waals surface area contributed by atoms with E-state index in [1.807, 2.05) is 18.2 Å². The van der Waals surface area contributed by atoms with Crippen molar-refractivity contribution in [2.24, 2.45) is 5.92 Å². The van der Waals surface area contributed by atoms with E-state index in [-0.39, 0.29) is 12.5 Å². The van der Waals surface area contributed by atoms with Crippen molar-refractivity contribution in [1.82, 2.24) is 10.2 Å². The quantitative estimate of drug-likeness (QED) is 0.748. The number of rotatable bonds is 8. The summed E-state index contributed by atoms with van der Waals surface area (Å²) in [7, 11) is 3.18. The highest BCUT2D eigenvalue weighted by Gasteiger charge is 2.42. The van der Waals surface area contributed by atoms with Crippen LogP contribution >= 0.6 is 0 Å². The Balaban J connectivity index is 2.11. The summed E-state index contributed by atoms with van der Waals surface area (Å²) in [5, 5.41) is 14.0. The fraction of sp³-hybridized carbons (Fsp3) is 0.632.